The van der Waals surface area contributed by atoms with Crippen LogP contribution in [0.3, 0.4) is 0 Å². The lowest BCUT2D eigenvalue weighted by atomic mass is 10.4. The molecule has 0 saturated carbocycles. The molecule has 0 N–H and O–H groups in total. The van der Waals surface area contributed by atoms with Gasteiger partial charge < -0.3 is 14.0 Å². The summed E-state index contributed by atoms with van der Waals surface area (Å²) in [6.07, 6.45) is 0.841. The Morgan fingerprint density at radius 1 is 1.25 bits per heavy atom. The number of halogens is 1. The molecule has 24 heavy (non-hydrogen) atoms. The third kappa shape index (κ3) is 7.00. The number of aromatic nitrogens is 2. The smallest absolute Gasteiger partial charge is 0.319 e. The maximum Gasteiger partial charge on any atom is 0.319 e. The number of hydrogen-bond donors (Lipinski definition) is 0. The molecule has 1 unspecified atom stereocenters. The second-order valence-corrected chi connectivity index (χ2v) is 12.8. The van der Waals surface area contributed by atoms with E-state index in [4.69, 9.17) is 25.6 Å². The molecule has 0 saturated heterocycles. The molecular weight excluding hydrogens is 391 g/mol. The van der Waals surface area contributed by atoms with E-state index in [-0.39, 0.29) is 18.0 Å². The predicted molar refractivity (Wildman–Crippen MR) is 103 cm³/mol. The summed E-state index contributed by atoms with van der Waals surface area (Å²) >= 11 is 8.89. The van der Waals surface area contributed by atoms with Crippen molar-refractivity contribution in [2.75, 3.05) is 19.5 Å². The topological polar surface area (TPSA) is 70.5 Å². The first-order chi connectivity index (χ1) is 11.3. The van der Waals surface area contributed by atoms with E-state index in [1.807, 2.05) is 27.7 Å². The Morgan fingerprint density at radius 3 is 2.50 bits per heavy atom. The summed E-state index contributed by atoms with van der Waals surface area (Å²) in [4.78, 5) is 8.37. The first-order valence-corrected chi connectivity index (χ1v) is 12.8. The Bertz CT molecular complexity index is 578. The monoisotopic (exact) mass is 414 g/mol. The molecule has 0 aromatic carbocycles. The fourth-order valence-electron chi connectivity index (χ4n) is 1.55. The summed E-state index contributed by atoms with van der Waals surface area (Å²) in [7, 11) is 1.47. The Morgan fingerprint density at radius 2 is 1.96 bits per heavy atom. The summed E-state index contributed by atoms with van der Waals surface area (Å²) in [5.41, 5.74) is 0.515. The first kappa shape index (κ1) is 21.9. The largest absolute Gasteiger partial charge is 0.474 e. The van der Waals surface area contributed by atoms with Crippen LogP contribution >= 0.6 is 40.1 Å². The van der Waals surface area contributed by atoms with Crippen molar-refractivity contribution in [1.29, 1.82) is 0 Å². The Kier molecular flexibility index (Phi) is 9.82. The fraction of sp³-hybridized carbons (Fsp3) is 0.714. The van der Waals surface area contributed by atoms with Crippen molar-refractivity contribution >= 4 is 40.1 Å². The van der Waals surface area contributed by atoms with Gasteiger partial charge in [0, 0.05) is 11.5 Å². The Labute approximate surface area is 156 Å². The highest BCUT2D eigenvalue weighted by Crippen LogP contribution is 2.70. The predicted octanol–water partition coefficient (Wildman–Crippen LogP) is 5.45. The van der Waals surface area contributed by atoms with Crippen molar-refractivity contribution in [3.8, 4) is 11.9 Å². The highest BCUT2D eigenvalue weighted by atomic mass is 35.5. The van der Waals surface area contributed by atoms with Crippen LogP contribution in [0.5, 0.6) is 11.9 Å². The van der Waals surface area contributed by atoms with Gasteiger partial charge in [-0.2, -0.15) is 9.97 Å². The van der Waals surface area contributed by atoms with Crippen molar-refractivity contribution in [3.05, 3.63) is 10.7 Å². The van der Waals surface area contributed by atoms with Crippen LogP contribution in [0.2, 0.25) is 5.02 Å². The second kappa shape index (κ2) is 10.8. The van der Waals surface area contributed by atoms with Gasteiger partial charge in [-0.05, 0) is 27.2 Å². The summed E-state index contributed by atoms with van der Waals surface area (Å²) in [6.45, 7) is 8.02. The zero-order valence-electron chi connectivity index (χ0n) is 14.6. The third-order valence-corrected chi connectivity index (χ3v) is 10.4. The minimum absolute atomic E-state index is 0.0859. The van der Waals surface area contributed by atoms with Crippen LogP contribution in [-0.2, 0) is 14.8 Å². The molecule has 0 bridgehead atoms. The Hall–Kier alpha value is -0.140. The first-order valence-electron chi connectivity index (χ1n) is 7.65. The zero-order chi connectivity index (χ0) is 18.2. The standard InChI is InChI=1S/C14H24ClN2O4PS2/c1-6-8-23-22(18,20-7-2)24-9-11-12(15)13(21-10(3)4)17-14(16-11)19-5/h10H,6-9H2,1-5H3. The van der Waals surface area contributed by atoms with E-state index in [2.05, 4.69) is 9.97 Å². The number of hydrogen-bond acceptors (Lipinski definition) is 8. The van der Waals surface area contributed by atoms with Crippen LogP contribution in [0.1, 0.15) is 39.8 Å². The summed E-state index contributed by atoms with van der Waals surface area (Å²) in [5.74, 6) is -1.50. The van der Waals surface area contributed by atoms with Gasteiger partial charge >= 0.3 is 11.8 Å². The molecule has 1 atom stereocenters. The zero-order valence-corrected chi connectivity index (χ0v) is 17.9. The van der Waals surface area contributed by atoms with Crippen LogP contribution in [0.25, 0.3) is 0 Å². The highest BCUT2D eigenvalue weighted by molar-refractivity contribution is 8.89. The fourth-order valence-corrected chi connectivity index (χ4v) is 8.44. The molecule has 0 aliphatic rings. The van der Waals surface area contributed by atoms with Crippen LogP contribution in [0, 0.1) is 0 Å². The van der Waals surface area contributed by atoms with Gasteiger partial charge in [-0.15, -0.1) is 0 Å². The number of methoxy groups -OCH3 is 1. The quantitative estimate of drug-likeness (QED) is 0.443. The van der Waals surface area contributed by atoms with Crippen LogP contribution in [0.15, 0.2) is 0 Å². The average Bonchev–Trinajstić information content (AvgIpc) is 2.53. The SMILES string of the molecule is CCCSP(=O)(OCC)SCc1nc(OC)nc(OC(C)C)c1Cl. The van der Waals surface area contributed by atoms with Gasteiger partial charge in [-0.25, -0.2) is 0 Å². The highest BCUT2D eigenvalue weighted by Gasteiger charge is 2.26. The molecule has 1 heterocycles. The van der Waals surface area contributed by atoms with E-state index >= 15 is 0 Å². The molecule has 0 aliphatic heterocycles. The maximum absolute atomic E-state index is 12.8. The number of nitrogens with zero attached hydrogens (tertiary/aromatic N) is 2. The van der Waals surface area contributed by atoms with Crippen LogP contribution in [0.4, 0.5) is 0 Å². The van der Waals surface area contributed by atoms with Gasteiger partial charge in [0.05, 0.1) is 25.5 Å². The van der Waals surface area contributed by atoms with Gasteiger partial charge in [0.1, 0.15) is 5.02 Å². The van der Waals surface area contributed by atoms with E-state index < -0.39 is 5.77 Å². The normalized spacial score (nSPS) is 13.8. The van der Waals surface area contributed by atoms with E-state index in [1.54, 1.807) is 0 Å². The second-order valence-electron chi connectivity index (χ2n) is 4.91. The molecule has 1 aromatic rings. The molecule has 1 aromatic heterocycles. The maximum atomic E-state index is 12.8. The van der Waals surface area contributed by atoms with Crippen molar-refractivity contribution in [1.82, 2.24) is 9.97 Å². The molecule has 1 rings (SSSR count). The molecule has 0 aliphatic carbocycles. The molecule has 0 amide bonds. The molecule has 138 valence electrons. The van der Waals surface area contributed by atoms with Gasteiger partial charge in [0.15, 0.2) is 0 Å². The summed E-state index contributed by atoms with van der Waals surface area (Å²) < 4.78 is 29.0. The minimum Gasteiger partial charge on any atom is -0.474 e. The molecule has 6 nitrogen and oxygen atoms in total. The molecule has 0 fully saturated rings. The van der Waals surface area contributed by atoms with E-state index in [0.29, 0.717) is 23.1 Å². The van der Waals surface area contributed by atoms with Gasteiger partial charge in [0.25, 0.3) is 0 Å². The lowest BCUT2D eigenvalue weighted by molar-refractivity contribution is 0.228. The van der Waals surface area contributed by atoms with E-state index in [9.17, 15) is 4.57 Å². The van der Waals surface area contributed by atoms with Gasteiger partial charge in [-0.3, -0.25) is 4.57 Å². The number of rotatable bonds is 11. The van der Waals surface area contributed by atoms with Gasteiger partial charge in [0.2, 0.25) is 5.88 Å². The van der Waals surface area contributed by atoms with E-state index in [0.717, 1.165) is 12.2 Å². The van der Waals surface area contributed by atoms with Crippen molar-refractivity contribution in [2.24, 2.45) is 0 Å². The molecule has 0 spiro atoms. The third-order valence-electron chi connectivity index (χ3n) is 2.50. The van der Waals surface area contributed by atoms with Crippen LogP contribution < -0.4 is 9.47 Å². The minimum atomic E-state index is -2.85. The van der Waals surface area contributed by atoms with Crippen molar-refractivity contribution in [3.63, 3.8) is 0 Å². The lowest BCUT2D eigenvalue weighted by Crippen LogP contribution is -2.09. The van der Waals surface area contributed by atoms with Crippen molar-refractivity contribution < 1.29 is 18.6 Å². The number of ether oxygens (including phenoxy) is 2. The van der Waals surface area contributed by atoms with Gasteiger partial charge in [-0.1, -0.05) is 41.3 Å². The average molecular weight is 415 g/mol. The Balaban J connectivity index is 2.97. The summed E-state index contributed by atoms with van der Waals surface area (Å²) in [5, 5.41) is 0.306. The molecular formula is C14H24ClN2O4PS2. The molecule has 0 radical (unpaired) electrons. The molecule has 10 heteroatoms. The summed E-state index contributed by atoms with van der Waals surface area (Å²) in [6, 6.07) is 0.165. The van der Waals surface area contributed by atoms with Crippen LogP contribution in [-0.4, -0.2) is 35.5 Å². The van der Waals surface area contributed by atoms with Crippen molar-refractivity contribution in [2.45, 2.75) is 46.0 Å². The van der Waals surface area contributed by atoms with E-state index in [1.165, 1.54) is 29.9 Å². The lowest BCUT2D eigenvalue weighted by Gasteiger charge is -2.17.